The van der Waals surface area contributed by atoms with Crippen molar-refractivity contribution in [3.8, 4) is 0 Å². The van der Waals surface area contributed by atoms with Crippen molar-refractivity contribution in [3.05, 3.63) is 82.4 Å². The number of carbonyl (C=O) groups excluding carboxylic acids is 1. The minimum absolute atomic E-state index is 0.112. The zero-order valence-corrected chi connectivity index (χ0v) is 17.3. The molecule has 3 aromatic rings. The lowest BCUT2D eigenvalue weighted by Crippen LogP contribution is -2.29. The van der Waals surface area contributed by atoms with E-state index < -0.39 is 5.97 Å². The molecule has 3 aromatic carbocycles. The first-order chi connectivity index (χ1) is 13.7. The Kier molecular flexibility index (Phi) is 6.02. The van der Waals surface area contributed by atoms with Gasteiger partial charge in [-0.05, 0) is 60.7 Å². The van der Waals surface area contributed by atoms with E-state index in [1.54, 1.807) is 24.3 Å². The van der Waals surface area contributed by atoms with Crippen LogP contribution in [0.2, 0.25) is 0 Å². The summed E-state index contributed by atoms with van der Waals surface area (Å²) in [6.07, 6.45) is 0.819. The molecule has 0 aliphatic rings. The number of aryl methyl sites for hydroxylation is 2. The molecule has 1 unspecified atom stereocenters. The molecular formula is C25H27NO3. The Hall–Kier alpha value is -3.14. The summed E-state index contributed by atoms with van der Waals surface area (Å²) >= 11 is 0. The highest BCUT2D eigenvalue weighted by atomic mass is 16.4. The Balaban J connectivity index is 1.99. The number of carboxylic acids is 1. The highest BCUT2D eigenvalue weighted by Gasteiger charge is 2.19. The van der Waals surface area contributed by atoms with Crippen LogP contribution in [0, 0.1) is 19.8 Å². The van der Waals surface area contributed by atoms with Gasteiger partial charge in [0, 0.05) is 5.56 Å². The first-order valence-corrected chi connectivity index (χ1v) is 9.89. The van der Waals surface area contributed by atoms with Crippen molar-refractivity contribution >= 4 is 22.6 Å². The monoisotopic (exact) mass is 389 g/mol. The number of carbonyl (C=O) groups is 2. The second kappa shape index (κ2) is 8.48. The molecule has 0 saturated heterocycles. The maximum atomic E-state index is 13.2. The molecule has 0 aliphatic carbocycles. The van der Waals surface area contributed by atoms with E-state index in [4.69, 9.17) is 0 Å². The van der Waals surface area contributed by atoms with E-state index in [0.717, 1.165) is 17.4 Å². The highest BCUT2D eigenvalue weighted by molar-refractivity contribution is 6.08. The zero-order chi connectivity index (χ0) is 21.1. The Labute approximate surface area is 171 Å². The summed E-state index contributed by atoms with van der Waals surface area (Å²) in [5, 5.41) is 14.0. The van der Waals surface area contributed by atoms with Gasteiger partial charge in [-0.15, -0.1) is 0 Å². The SMILES string of the molecule is Cc1cc(C)cc(C(CC(C)C)NC(=O)c2cccc3ccc(C(=O)O)cc23)c1. The van der Waals surface area contributed by atoms with Gasteiger partial charge >= 0.3 is 5.97 Å². The second-order valence-corrected chi connectivity index (χ2v) is 8.12. The number of hydrogen-bond donors (Lipinski definition) is 2. The first-order valence-electron chi connectivity index (χ1n) is 9.89. The molecule has 0 aliphatic heterocycles. The fraction of sp³-hybridized carbons (Fsp3) is 0.280. The summed E-state index contributed by atoms with van der Waals surface area (Å²) < 4.78 is 0. The fourth-order valence-electron chi connectivity index (χ4n) is 3.80. The van der Waals surface area contributed by atoms with Crippen molar-refractivity contribution in [3.63, 3.8) is 0 Å². The van der Waals surface area contributed by atoms with E-state index in [-0.39, 0.29) is 17.5 Å². The highest BCUT2D eigenvalue weighted by Crippen LogP contribution is 2.26. The summed E-state index contributed by atoms with van der Waals surface area (Å²) in [4.78, 5) is 24.6. The number of hydrogen-bond acceptors (Lipinski definition) is 2. The van der Waals surface area contributed by atoms with Gasteiger partial charge in [0.05, 0.1) is 11.6 Å². The van der Waals surface area contributed by atoms with Crippen LogP contribution in [0.4, 0.5) is 0 Å². The lowest BCUT2D eigenvalue weighted by atomic mass is 9.93. The van der Waals surface area contributed by atoms with Crippen molar-refractivity contribution in [2.45, 2.75) is 40.2 Å². The lowest BCUT2D eigenvalue weighted by molar-refractivity contribution is 0.0696. The van der Waals surface area contributed by atoms with Crippen LogP contribution in [0.1, 0.15) is 63.7 Å². The average Bonchev–Trinajstić information content (AvgIpc) is 2.65. The molecule has 0 bridgehead atoms. The number of benzene rings is 3. The number of fused-ring (bicyclic) bond motifs is 1. The predicted octanol–water partition coefficient (Wildman–Crippen LogP) is 5.67. The Bertz CT molecular complexity index is 1050. The van der Waals surface area contributed by atoms with Gasteiger partial charge in [0.2, 0.25) is 0 Å². The molecule has 0 fully saturated rings. The van der Waals surface area contributed by atoms with E-state index in [9.17, 15) is 14.7 Å². The van der Waals surface area contributed by atoms with Gasteiger partial charge in [-0.25, -0.2) is 4.79 Å². The van der Waals surface area contributed by atoms with Gasteiger partial charge in [-0.3, -0.25) is 4.79 Å². The number of carboxylic acid groups (broad SMARTS) is 1. The summed E-state index contributed by atoms with van der Waals surface area (Å²) in [5.74, 6) is -0.787. The van der Waals surface area contributed by atoms with E-state index in [0.29, 0.717) is 16.9 Å². The Morgan fingerprint density at radius 3 is 2.28 bits per heavy atom. The van der Waals surface area contributed by atoms with Crippen LogP contribution >= 0.6 is 0 Å². The zero-order valence-electron chi connectivity index (χ0n) is 17.3. The molecule has 29 heavy (non-hydrogen) atoms. The topological polar surface area (TPSA) is 66.4 Å². The summed E-state index contributed by atoms with van der Waals surface area (Å²) in [7, 11) is 0. The molecule has 0 heterocycles. The first kappa shape index (κ1) is 20.6. The number of nitrogens with one attached hydrogen (secondary N) is 1. The Morgan fingerprint density at radius 1 is 0.966 bits per heavy atom. The lowest BCUT2D eigenvalue weighted by Gasteiger charge is -2.22. The molecule has 2 N–H and O–H groups in total. The van der Waals surface area contributed by atoms with Crippen LogP contribution in [-0.4, -0.2) is 17.0 Å². The molecule has 0 radical (unpaired) electrons. The van der Waals surface area contributed by atoms with Crippen molar-refractivity contribution in [1.29, 1.82) is 0 Å². The van der Waals surface area contributed by atoms with E-state index in [1.165, 1.54) is 11.1 Å². The van der Waals surface area contributed by atoms with Crippen molar-refractivity contribution in [2.24, 2.45) is 5.92 Å². The van der Waals surface area contributed by atoms with Gasteiger partial charge < -0.3 is 10.4 Å². The van der Waals surface area contributed by atoms with E-state index in [1.807, 2.05) is 12.1 Å². The van der Waals surface area contributed by atoms with Crippen LogP contribution in [0.5, 0.6) is 0 Å². The van der Waals surface area contributed by atoms with Gasteiger partial charge in [-0.1, -0.05) is 61.4 Å². The summed E-state index contributed by atoms with van der Waals surface area (Å²) in [6.45, 7) is 8.39. The Morgan fingerprint density at radius 2 is 1.66 bits per heavy atom. The van der Waals surface area contributed by atoms with Crippen molar-refractivity contribution < 1.29 is 14.7 Å². The molecule has 0 saturated carbocycles. The second-order valence-electron chi connectivity index (χ2n) is 8.12. The summed E-state index contributed by atoms with van der Waals surface area (Å²) in [5.41, 5.74) is 4.09. The number of rotatable bonds is 6. The van der Waals surface area contributed by atoms with E-state index >= 15 is 0 Å². The quantitative estimate of drug-likeness (QED) is 0.571. The molecule has 1 amide bonds. The standard InChI is InChI=1S/C25H27NO3/c1-15(2)10-23(20-12-16(3)11-17(4)13-20)26-24(27)21-7-5-6-18-8-9-19(25(28)29)14-22(18)21/h5-9,11-15,23H,10H2,1-4H3,(H,26,27)(H,28,29). The molecular weight excluding hydrogens is 362 g/mol. The van der Waals surface area contributed by atoms with Gasteiger partial charge in [0.15, 0.2) is 0 Å². The van der Waals surface area contributed by atoms with Crippen LogP contribution in [0.25, 0.3) is 10.8 Å². The number of aromatic carboxylic acids is 1. The van der Waals surface area contributed by atoms with Crippen LogP contribution in [0.15, 0.2) is 54.6 Å². The molecule has 4 nitrogen and oxygen atoms in total. The molecule has 0 aromatic heterocycles. The number of amides is 1. The van der Waals surface area contributed by atoms with Crippen molar-refractivity contribution in [1.82, 2.24) is 5.32 Å². The smallest absolute Gasteiger partial charge is 0.335 e. The third-order valence-electron chi connectivity index (χ3n) is 5.03. The molecule has 1 atom stereocenters. The largest absolute Gasteiger partial charge is 0.478 e. The van der Waals surface area contributed by atoms with Crippen LogP contribution < -0.4 is 5.32 Å². The van der Waals surface area contributed by atoms with Crippen LogP contribution in [-0.2, 0) is 0 Å². The maximum Gasteiger partial charge on any atom is 0.335 e. The van der Waals surface area contributed by atoms with E-state index in [2.05, 4.69) is 51.2 Å². The van der Waals surface area contributed by atoms with Gasteiger partial charge in [0.25, 0.3) is 5.91 Å². The molecule has 3 rings (SSSR count). The average molecular weight is 389 g/mol. The van der Waals surface area contributed by atoms with Gasteiger partial charge in [0.1, 0.15) is 0 Å². The van der Waals surface area contributed by atoms with Crippen molar-refractivity contribution in [2.75, 3.05) is 0 Å². The fourth-order valence-corrected chi connectivity index (χ4v) is 3.80. The normalized spacial score (nSPS) is 12.2. The predicted molar refractivity (Wildman–Crippen MR) is 116 cm³/mol. The maximum absolute atomic E-state index is 13.2. The minimum Gasteiger partial charge on any atom is -0.478 e. The van der Waals surface area contributed by atoms with Gasteiger partial charge in [-0.2, -0.15) is 0 Å². The molecule has 150 valence electrons. The third kappa shape index (κ3) is 4.83. The molecule has 0 spiro atoms. The third-order valence-corrected chi connectivity index (χ3v) is 5.03. The minimum atomic E-state index is -1.00. The summed E-state index contributed by atoms with van der Waals surface area (Å²) in [6, 6.07) is 16.6. The van der Waals surface area contributed by atoms with Crippen LogP contribution in [0.3, 0.4) is 0 Å². The molecule has 4 heteroatoms.